The molecule has 3 rings (SSSR count). The van der Waals surface area contributed by atoms with Gasteiger partial charge in [0.25, 0.3) is 0 Å². The number of hydrogen-bond donors (Lipinski definition) is 1. The number of methoxy groups -OCH3 is 1. The number of carbonyl (C=O) groups excluding carboxylic acids is 1. The maximum Gasteiger partial charge on any atom is 0.305 e. The lowest BCUT2D eigenvalue weighted by Gasteiger charge is -2.22. The highest BCUT2D eigenvalue weighted by Crippen LogP contribution is 2.26. The summed E-state index contributed by atoms with van der Waals surface area (Å²) in [6, 6.07) is 3.46. The van der Waals surface area contributed by atoms with Crippen LogP contribution in [-0.2, 0) is 20.7 Å². The number of carboxylic acids is 1. The lowest BCUT2D eigenvalue weighted by atomic mass is 10.1. The Bertz CT molecular complexity index is 712. The normalized spacial score (nSPS) is 20.5. The number of carbonyl (C=O) groups is 2. The van der Waals surface area contributed by atoms with E-state index in [0.29, 0.717) is 24.6 Å². The number of rotatable bonds is 6. The van der Waals surface area contributed by atoms with Crippen LogP contribution in [0.2, 0.25) is 0 Å². The minimum absolute atomic E-state index is 0.0785. The number of hydrogen-bond acceptors (Lipinski definition) is 6. The number of amides is 1. The van der Waals surface area contributed by atoms with E-state index >= 15 is 0 Å². The molecule has 8 heteroatoms. The van der Waals surface area contributed by atoms with Gasteiger partial charge >= 0.3 is 5.97 Å². The minimum atomic E-state index is -0.920. The molecule has 2 aromatic heterocycles. The van der Waals surface area contributed by atoms with E-state index in [1.54, 1.807) is 12.0 Å². The lowest BCUT2D eigenvalue weighted by Crippen LogP contribution is -2.38. The van der Waals surface area contributed by atoms with Gasteiger partial charge in [0.15, 0.2) is 0 Å². The number of nitrogens with zero attached hydrogens (tertiary/aromatic N) is 2. The van der Waals surface area contributed by atoms with Gasteiger partial charge < -0.3 is 19.2 Å². The van der Waals surface area contributed by atoms with E-state index < -0.39 is 5.97 Å². The molecule has 128 valence electrons. The van der Waals surface area contributed by atoms with E-state index in [1.165, 1.54) is 17.6 Å². The molecule has 2 atom stereocenters. The van der Waals surface area contributed by atoms with E-state index in [4.69, 9.17) is 14.3 Å². The van der Waals surface area contributed by atoms with Crippen molar-refractivity contribution in [2.45, 2.75) is 31.4 Å². The molecule has 1 N–H and O–H groups in total. The summed E-state index contributed by atoms with van der Waals surface area (Å²) in [6.45, 7) is 0.406. The van der Waals surface area contributed by atoms with Crippen LogP contribution in [0.25, 0.3) is 10.8 Å². The van der Waals surface area contributed by atoms with Crippen molar-refractivity contribution < 1.29 is 23.8 Å². The Morgan fingerprint density at radius 1 is 1.54 bits per heavy atom. The Morgan fingerprint density at radius 3 is 3.04 bits per heavy atom. The van der Waals surface area contributed by atoms with Gasteiger partial charge in [0.05, 0.1) is 29.5 Å². The number of oxazole rings is 1. The monoisotopic (exact) mass is 350 g/mol. The summed E-state index contributed by atoms with van der Waals surface area (Å²) in [5.41, 5.74) is 0.540. The number of thiophene rings is 1. The first-order chi connectivity index (χ1) is 11.6. The molecule has 0 aliphatic carbocycles. The van der Waals surface area contributed by atoms with E-state index in [0.717, 1.165) is 4.88 Å². The van der Waals surface area contributed by atoms with Crippen molar-refractivity contribution in [1.82, 2.24) is 9.88 Å². The molecular weight excluding hydrogens is 332 g/mol. The van der Waals surface area contributed by atoms with Gasteiger partial charge in [-0.25, -0.2) is 4.98 Å². The zero-order valence-electron chi connectivity index (χ0n) is 13.2. The third-order valence-electron chi connectivity index (χ3n) is 4.06. The molecule has 0 radical (unpaired) electrons. The van der Waals surface area contributed by atoms with Gasteiger partial charge in [0.2, 0.25) is 11.8 Å². The first-order valence-corrected chi connectivity index (χ1v) is 8.47. The van der Waals surface area contributed by atoms with E-state index in [1.807, 2.05) is 17.5 Å². The Labute approximate surface area is 142 Å². The molecule has 1 fully saturated rings. The molecule has 0 bridgehead atoms. The maximum absolute atomic E-state index is 12.6. The smallest absolute Gasteiger partial charge is 0.305 e. The summed E-state index contributed by atoms with van der Waals surface area (Å²) in [5.74, 6) is -0.589. The van der Waals surface area contributed by atoms with Crippen LogP contribution in [0.4, 0.5) is 0 Å². The minimum Gasteiger partial charge on any atom is -0.481 e. The van der Waals surface area contributed by atoms with Crippen LogP contribution in [0.15, 0.2) is 28.2 Å². The summed E-state index contributed by atoms with van der Waals surface area (Å²) in [7, 11) is 1.57. The van der Waals surface area contributed by atoms with Gasteiger partial charge in [-0.1, -0.05) is 6.07 Å². The molecule has 24 heavy (non-hydrogen) atoms. The van der Waals surface area contributed by atoms with Gasteiger partial charge in [-0.3, -0.25) is 9.59 Å². The Balaban J connectivity index is 1.68. The molecule has 7 nitrogen and oxygen atoms in total. The van der Waals surface area contributed by atoms with Crippen LogP contribution in [0.1, 0.15) is 18.5 Å². The molecule has 1 aliphatic rings. The number of ether oxygens (including phenoxy) is 1. The summed E-state index contributed by atoms with van der Waals surface area (Å²) in [5, 5.41) is 11.0. The Morgan fingerprint density at radius 2 is 2.38 bits per heavy atom. The highest BCUT2D eigenvalue weighted by molar-refractivity contribution is 7.13. The van der Waals surface area contributed by atoms with Crippen molar-refractivity contribution >= 4 is 23.2 Å². The number of carboxylic acid groups (broad SMARTS) is 1. The van der Waals surface area contributed by atoms with Crippen LogP contribution >= 0.6 is 11.3 Å². The molecule has 0 spiro atoms. The lowest BCUT2D eigenvalue weighted by molar-refractivity contribution is -0.139. The largest absolute Gasteiger partial charge is 0.481 e. The molecule has 2 unspecified atom stereocenters. The topological polar surface area (TPSA) is 92.9 Å². The summed E-state index contributed by atoms with van der Waals surface area (Å²) < 4.78 is 10.7. The second kappa shape index (κ2) is 7.14. The second-order valence-corrected chi connectivity index (χ2v) is 6.64. The van der Waals surface area contributed by atoms with Gasteiger partial charge in [-0.2, -0.15) is 0 Å². The SMILES string of the molecule is COC1CC(CC(=O)O)N(C(=O)Cc2coc(-c3cccs3)n2)C1. The van der Waals surface area contributed by atoms with E-state index in [9.17, 15) is 9.59 Å². The zero-order chi connectivity index (χ0) is 17.1. The fraction of sp³-hybridized carbons (Fsp3) is 0.438. The highest BCUT2D eigenvalue weighted by Gasteiger charge is 2.36. The number of aliphatic carboxylic acids is 1. The summed E-state index contributed by atoms with van der Waals surface area (Å²) in [6.07, 6.45) is 1.89. The molecular formula is C16H18N2O5S. The van der Waals surface area contributed by atoms with Gasteiger partial charge in [-0.15, -0.1) is 11.3 Å². The molecule has 1 amide bonds. The maximum atomic E-state index is 12.6. The molecule has 2 aromatic rings. The van der Waals surface area contributed by atoms with E-state index in [2.05, 4.69) is 4.98 Å². The average molecular weight is 350 g/mol. The standard InChI is InChI=1S/C16H18N2O5S/c1-22-12-6-11(7-15(20)21)18(8-12)14(19)5-10-9-23-16(17-10)13-3-2-4-24-13/h2-4,9,11-12H,5-8H2,1H3,(H,20,21). The van der Waals surface area contributed by atoms with Crippen LogP contribution in [0.3, 0.4) is 0 Å². The molecule has 3 heterocycles. The number of aromatic nitrogens is 1. The fourth-order valence-electron chi connectivity index (χ4n) is 2.90. The quantitative estimate of drug-likeness (QED) is 0.857. The summed E-state index contributed by atoms with van der Waals surface area (Å²) >= 11 is 1.51. The third kappa shape index (κ3) is 3.65. The van der Waals surface area contributed by atoms with Crippen LogP contribution in [0.5, 0.6) is 0 Å². The first kappa shape index (κ1) is 16.7. The Hall–Kier alpha value is -2.19. The molecule has 1 saturated heterocycles. The van der Waals surface area contributed by atoms with Crippen molar-refractivity contribution in [2.75, 3.05) is 13.7 Å². The second-order valence-electron chi connectivity index (χ2n) is 5.69. The summed E-state index contributed by atoms with van der Waals surface area (Å²) in [4.78, 5) is 30.4. The van der Waals surface area contributed by atoms with Crippen molar-refractivity contribution in [1.29, 1.82) is 0 Å². The van der Waals surface area contributed by atoms with Gasteiger partial charge in [0, 0.05) is 19.7 Å². The van der Waals surface area contributed by atoms with E-state index in [-0.39, 0.29) is 30.9 Å². The van der Waals surface area contributed by atoms with Crippen LogP contribution in [-0.4, -0.2) is 52.7 Å². The average Bonchev–Trinajstić information content (AvgIpc) is 3.26. The van der Waals surface area contributed by atoms with Crippen LogP contribution in [0, 0.1) is 0 Å². The number of likely N-dealkylation sites (tertiary alicyclic amines) is 1. The van der Waals surface area contributed by atoms with Crippen molar-refractivity contribution in [3.05, 3.63) is 29.5 Å². The predicted octanol–water partition coefficient (Wildman–Crippen LogP) is 2.04. The van der Waals surface area contributed by atoms with Crippen molar-refractivity contribution in [2.24, 2.45) is 0 Å². The zero-order valence-corrected chi connectivity index (χ0v) is 14.0. The molecule has 1 aliphatic heterocycles. The van der Waals surface area contributed by atoms with Gasteiger partial charge in [0.1, 0.15) is 6.26 Å². The predicted molar refractivity (Wildman–Crippen MR) is 86.7 cm³/mol. The molecule has 0 saturated carbocycles. The fourth-order valence-corrected chi connectivity index (χ4v) is 3.56. The van der Waals surface area contributed by atoms with Crippen molar-refractivity contribution in [3.8, 4) is 10.8 Å². The third-order valence-corrected chi connectivity index (χ3v) is 4.91. The van der Waals surface area contributed by atoms with Crippen LogP contribution < -0.4 is 0 Å². The Kier molecular flexibility index (Phi) is 4.96. The first-order valence-electron chi connectivity index (χ1n) is 7.59. The molecule has 0 aromatic carbocycles. The van der Waals surface area contributed by atoms with Gasteiger partial charge in [-0.05, 0) is 17.9 Å². The highest BCUT2D eigenvalue weighted by atomic mass is 32.1. The van der Waals surface area contributed by atoms with Crippen molar-refractivity contribution in [3.63, 3.8) is 0 Å².